The molecule has 0 amide bonds. The second-order valence-electron chi connectivity index (χ2n) is 5.74. The maximum Gasteiger partial charge on any atom is 0.184 e. The van der Waals surface area contributed by atoms with E-state index in [1.54, 1.807) is 6.07 Å². The van der Waals surface area contributed by atoms with Crippen LogP contribution in [0, 0.1) is 11.6 Å². The summed E-state index contributed by atoms with van der Waals surface area (Å²) in [6.45, 7) is 3.73. The number of fused-ring (bicyclic) bond motifs is 1. The van der Waals surface area contributed by atoms with Crippen molar-refractivity contribution < 1.29 is 19.0 Å². The van der Waals surface area contributed by atoms with Crippen molar-refractivity contribution in [3.8, 4) is 22.6 Å². The van der Waals surface area contributed by atoms with Gasteiger partial charge in [-0.3, -0.25) is 4.98 Å². The molecule has 0 saturated heterocycles. The van der Waals surface area contributed by atoms with Crippen molar-refractivity contribution in [2.75, 3.05) is 0 Å². The molecule has 0 spiro atoms. The Hall–Kier alpha value is -2.69. The minimum absolute atomic E-state index is 0.0135. The molecule has 3 aromatic rings. The zero-order valence-electron chi connectivity index (χ0n) is 12.6. The van der Waals surface area contributed by atoms with Crippen LogP contribution in [0.2, 0.25) is 0 Å². The maximum absolute atomic E-state index is 13.7. The molecule has 0 bridgehead atoms. The van der Waals surface area contributed by atoms with Crippen molar-refractivity contribution in [3.05, 3.63) is 53.7 Å². The number of rotatable bonds is 2. The van der Waals surface area contributed by atoms with Gasteiger partial charge < -0.3 is 10.2 Å². The fourth-order valence-electron chi connectivity index (χ4n) is 2.68. The smallest absolute Gasteiger partial charge is 0.184 e. The van der Waals surface area contributed by atoms with Crippen molar-refractivity contribution >= 4 is 10.9 Å². The van der Waals surface area contributed by atoms with Gasteiger partial charge in [-0.2, -0.15) is 0 Å². The van der Waals surface area contributed by atoms with E-state index >= 15 is 0 Å². The number of phenolic OH excluding ortho intramolecular Hbond substituents is 2. The van der Waals surface area contributed by atoms with Crippen LogP contribution in [0.15, 0.2) is 36.5 Å². The van der Waals surface area contributed by atoms with Gasteiger partial charge in [0.25, 0.3) is 0 Å². The molecule has 0 radical (unpaired) electrons. The zero-order valence-corrected chi connectivity index (χ0v) is 12.6. The molecule has 3 rings (SSSR count). The van der Waals surface area contributed by atoms with Gasteiger partial charge in [0.2, 0.25) is 0 Å². The van der Waals surface area contributed by atoms with Gasteiger partial charge in [0, 0.05) is 22.7 Å². The topological polar surface area (TPSA) is 53.4 Å². The predicted molar refractivity (Wildman–Crippen MR) is 84.5 cm³/mol. The lowest BCUT2D eigenvalue weighted by Crippen LogP contribution is -1.92. The molecular formula is C18H15F2NO2. The first-order valence-corrected chi connectivity index (χ1v) is 7.18. The molecule has 23 heavy (non-hydrogen) atoms. The van der Waals surface area contributed by atoms with E-state index in [-0.39, 0.29) is 22.9 Å². The average Bonchev–Trinajstić information content (AvgIpc) is 2.49. The molecule has 1 aromatic heterocycles. The average molecular weight is 315 g/mol. The Labute approximate surface area is 131 Å². The Morgan fingerprint density at radius 1 is 0.957 bits per heavy atom. The fourth-order valence-corrected chi connectivity index (χ4v) is 2.68. The van der Waals surface area contributed by atoms with E-state index in [4.69, 9.17) is 0 Å². The molecule has 0 fully saturated rings. The Kier molecular flexibility index (Phi) is 3.64. The number of nitrogens with zero attached hydrogens (tertiary/aromatic N) is 1. The van der Waals surface area contributed by atoms with Crippen molar-refractivity contribution in [2.45, 2.75) is 19.8 Å². The highest BCUT2D eigenvalue weighted by molar-refractivity contribution is 5.84. The van der Waals surface area contributed by atoms with Crippen LogP contribution >= 0.6 is 0 Å². The van der Waals surface area contributed by atoms with Gasteiger partial charge in [0.05, 0.1) is 0 Å². The summed E-state index contributed by atoms with van der Waals surface area (Å²) in [6.07, 6.45) is 1.38. The van der Waals surface area contributed by atoms with Gasteiger partial charge in [0.1, 0.15) is 17.0 Å². The third kappa shape index (κ3) is 2.59. The first-order valence-electron chi connectivity index (χ1n) is 7.18. The summed E-state index contributed by atoms with van der Waals surface area (Å²) in [6, 6.07) is 7.16. The van der Waals surface area contributed by atoms with Crippen LogP contribution in [0.1, 0.15) is 25.3 Å². The summed E-state index contributed by atoms with van der Waals surface area (Å²) >= 11 is 0. The highest BCUT2D eigenvalue weighted by atomic mass is 19.2. The summed E-state index contributed by atoms with van der Waals surface area (Å²) in [5.74, 6) is -2.00. The summed E-state index contributed by atoms with van der Waals surface area (Å²) in [5.41, 5.74) is 1.55. The number of hydrogen-bond acceptors (Lipinski definition) is 3. The number of aromatic hydroxyl groups is 2. The molecule has 0 aliphatic carbocycles. The van der Waals surface area contributed by atoms with Gasteiger partial charge in [0.15, 0.2) is 11.6 Å². The standard InChI is InChI=1S/C18H15F2NO2/c1-9(2)16-14(22)6-11(7-15(16)23)12-5-10-3-4-13(19)17(20)18(10)21-8-12/h3-9,22-23H,1-2H3. The van der Waals surface area contributed by atoms with Crippen molar-refractivity contribution in [1.29, 1.82) is 0 Å². The van der Waals surface area contributed by atoms with Gasteiger partial charge in [-0.1, -0.05) is 13.8 Å². The van der Waals surface area contributed by atoms with E-state index in [9.17, 15) is 19.0 Å². The Bertz CT molecular complexity index is 884. The molecule has 118 valence electrons. The normalized spacial score (nSPS) is 11.3. The molecule has 0 saturated carbocycles. The minimum atomic E-state index is -0.991. The van der Waals surface area contributed by atoms with Gasteiger partial charge in [-0.05, 0) is 41.8 Å². The molecule has 5 heteroatoms. The Balaban J connectivity index is 2.16. The molecule has 0 unspecified atom stereocenters. The summed E-state index contributed by atoms with van der Waals surface area (Å²) in [5, 5.41) is 20.7. The molecule has 0 aliphatic rings. The highest BCUT2D eigenvalue weighted by Gasteiger charge is 2.15. The molecule has 2 N–H and O–H groups in total. The number of hydrogen-bond donors (Lipinski definition) is 2. The first kappa shape index (κ1) is 15.2. The Morgan fingerprint density at radius 2 is 1.61 bits per heavy atom. The second-order valence-corrected chi connectivity index (χ2v) is 5.74. The monoisotopic (exact) mass is 315 g/mol. The summed E-state index contributed by atoms with van der Waals surface area (Å²) in [7, 11) is 0. The number of pyridine rings is 1. The lowest BCUT2D eigenvalue weighted by atomic mass is 9.96. The third-order valence-corrected chi connectivity index (χ3v) is 3.79. The van der Waals surface area contributed by atoms with Crippen LogP contribution in [0.3, 0.4) is 0 Å². The van der Waals surface area contributed by atoms with Crippen molar-refractivity contribution in [1.82, 2.24) is 4.98 Å². The van der Waals surface area contributed by atoms with Crippen LogP contribution in [0.25, 0.3) is 22.0 Å². The van der Waals surface area contributed by atoms with E-state index < -0.39 is 11.6 Å². The predicted octanol–water partition coefficient (Wildman–Crippen LogP) is 4.71. The molecule has 0 atom stereocenters. The van der Waals surface area contributed by atoms with E-state index in [2.05, 4.69) is 4.98 Å². The van der Waals surface area contributed by atoms with Crippen LogP contribution in [0.5, 0.6) is 11.5 Å². The van der Waals surface area contributed by atoms with Crippen LogP contribution in [-0.4, -0.2) is 15.2 Å². The van der Waals surface area contributed by atoms with E-state index in [0.717, 1.165) is 6.07 Å². The number of benzene rings is 2. The summed E-state index contributed by atoms with van der Waals surface area (Å²) in [4.78, 5) is 3.96. The number of halogens is 2. The fraction of sp³-hybridized carbons (Fsp3) is 0.167. The molecule has 2 aromatic carbocycles. The van der Waals surface area contributed by atoms with Crippen LogP contribution in [0.4, 0.5) is 8.78 Å². The van der Waals surface area contributed by atoms with Crippen molar-refractivity contribution in [3.63, 3.8) is 0 Å². The van der Waals surface area contributed by atoms with E-state index in [1.807, 2.05) is 13.8 Å². The van der Waals surface area contributed by atoms with Gasteiger partial charge in [-0.15, -0.1) is 0 Å². The number of aromatic nitrogens is 1. The quantitative estimate of drug-likeness (QED) is 0.720. The first-order chi connectivity index (χ1) is 10.9. The van der Waals surface area contributed by atoms with Gasteiger partial charge in [-0.25, -0.2) is 8.78 Å². The SMILES string of the molecule is CC(C)c1c(O)cc(-c2cnc3c(F)c(F)ccc3c2)cc1O. The number of phenols is 2. The van der Waals surface area contributed by atoms with Crippen molar-refractivity contribution in [2.24, 2.45) is 0 Å². The molecule has 3 nitrogen and oxygen atoms in total. The summed E-state index contributed by atoms with van der Waals surface area (Å²) < 4.78 is 26.9. The van der Waals surface area contributed by atoms with Gasteiger partial charge >= 0.3 is 0 Å². The second kappa shape index (κ2) is 5.50. The molecule has 1 heterocycles. The van der Waals surface area contributed by atoms with E-state index in [1.165, 1.54) is 24.4 Å². The largest absolute Gasteiger partial charge is 0.507 e. The Morgan fingerprint density at radius 3 is 2.22 bits per heavy atom. The maximum atomic E-state index is 13.7. The lowest BCUT2D eigenvalue weighted by molar-refractivity contribution is 0.434. The van der Waals surface area contributed by atoms with Crippen LogP contribution < -0.4 is 0 Å². The van der Waals surface area contributed by atoms with Crippen LogP contribution in [-0.2, 0) is 0 Å². The zero-order chi connectivity index (χ0) is 16.7. The highest BCUT2D eigenvalue weighted by Crippen LogP contribution is 2.38. The third-order valence-electron chi connectivity index (χ3n) is 3.79. The lowest BCUT2D eigenvalue weighted by Gasteiger charge is -2.13. The minimum Gasteiger partial charge on any atom is -0.507 e. The van der Waals surface area contributed by atoms with E-state index in [0.29, 0.717) is 22.1 Å². The molecule has 0 aliphatic heterocycles. The molecular weight excluding hydrogens is 300 g/mol.